The van der Waals surface area contributed by atoms with Crippen LogP contribution in [-0.2, 0) is 21.2 Å². The molecule has 0 aromatic heterocycles. The van der Waals surface area contributed by atoms with Gasteiger partial charge in [0, 0.05) is 12.6 Å². The van der Waals surface area contributed by atoms with Gasteiger partial charge in [0.1, 0.15) is 6.04 Å². The first-order chi connectivity index (χ1) is 10.0. The quantitative estimate of drug-likeness (QED) is 0.875. The van der Waals surface area contributed by atoms with Crippen molar-refractivity contribution in [1.82, 2.24) is 9.62 Å². The van der Waals surface area contributed by atoms with Gasteiger partial charge in [-0.15, -0.1) is 0 Å². The van der Waals surface area contributed by atoms with E-state index in [9.17, 15) is 13.2 Å². The minimum absolute atomic E-state index is 0.154. The number of hydrogen-bond donors (Lipinski definition) is 1. The molecule has 1 amide bonds. The second-order valence-electron chi connectivity index (χ2n) is 5.31. The fourth-order valence-electron chi connectivity index (χ4n) is 3.03. The van der Waals surface area contributed by atoms with Crippen LogP contribution in [0.5, 0.6) is 0 Å². The van der Waals surface area contributed by atoms with Crippen LogP contribution in [0.25, 0.3) is 0 Å². The molecule has 2 aliphatic heterocycles. The van der Waals surface area contributed by atoms with Gasteiger partial charge < -0.3 is 5.32 Å². The van der Waals surface area contributed by atoms with E-state index in [1.807, 2.05) is 6.07 Å². The first kappa shape index (κ1) is 14.0. The first-order valence-electron chi connectivity index (χ1n) is 6.81. The minimum Gasteiger partial charge on any atom is -0.353 e. The van der Waals surface area contributed by atoms with E-state index in [0.29, 0.717) is 24.9 Å². The largest absolute Gasteiger partial charge is 0.353 e. The molecule has 1 N–H and O–H groups in total. The predicted octanol–water partition coefficient (Wildman–Crippen LogP) is 0.404. The number of carbonyl (C=O) groups excluding carboxylic acids is 1. The third-order valence-electron chi connectivity index (χ3n) is 4.01. The van der Waals surface area contributed by atoms with Crippen molar-refractivity contribution in [1.29, 1.82) is 5.26 Å². The van der Waals surface area contributed by atoms with Crippen LogP contribution in [0.15, 0.2) is 29.2 Å². The Balaban J connectivity index is 1.99. The zero-order valence-corrected chi connectivity index (χ0v) is 12.1. The van der Waals surface area contributed by atoms with Gasteiger partial charge in [-0.05, 0) is 30.5 Å². The van der Waals surface area contributed by atoms with E-state index in [0.717, 1.165) is 0 Å². The highest BCUT2D eigenvalue weighted by atomic mass is 32.2. The van der Waals surface area contributed by atoms with Gasteiger partial charge in [-0.1, -0.05) is 12.1 Å². The highest BCUT2D eigenvalue weighted by molar-refractivity contribution is 7.89. The van der Waals surface area contributed by atoms with E-state index in [2.05, 4.69) is 5.32 Å². The van der Waals surface area contributed by atoms with Gasteiger partial charge in [0.25, 0.3) is 0 Å². The Morgan fingerprint density at radius 2 is 2.19 bits per heavy atom. The number of nitrogens with zero attached hydrogens (tertiary/aromatic N) is 2. The lowest BCUT2D eigenvalue weighted by atomic mass is 10.2. The van der Waals surface area contributed by atoms with E-state index < -0.39 is 16.1 Å². The zero-order chi connectivity index (χ0) is 15.0. The first-order valence-corrected chi connectivity index (χ1v) is 8.25. The molecule has 7 heteroatoms. The van der Waals surface area contributed by atoms with Crippen molar-refractivity contribution in [2.24, 2.45) is 0 Å². The van der Waals surface area contributed by atoms with Crippen LogP contribution >= 0.6 is 0 Å². The zero-order valence-electron chi connectivity index (χ0n) is 11.3. The SMILES string of the molecule is N#CCc1cccc(S(=O)(=O)N2C3CCC2C(=O)NC3)c1. The third-order valence-corrected chi connectivity index (χ3v) is 5.97. The number of nitrogens with one attached hydrogen (secondary N) is 1. The molecule has 0 saturated carbocycles. The molecule has 2 saturated heterocycles. The molecule has 3 rings (SSSR count). The second kappa shape index (κ2) is 5.13. The van der Waals surface area contributed by atoms with Gasteiger partial charge in [-0.2, -0.15) is 9.57 Å². The van der Waals surface area contributed by atoms with Crippen molar-refractivity contribution < 1.29 is 13.2 Å². The van der Waals surface area contributed by atoms with Crippen molar-refractivity contribution in [2.75, 3.05) is 6.54 Å². The standard InChI is InChI=1S/C14H15N3O3S/c15-7-6-10-2-1-3-12(8-10)21(19,20)17-11-4-5-13(17)14(18)16-9-11/h1-3,8,11,13H,4-6,9H2,(H,16,18). The maximum absolute atomic E-state index is 12.8. The normalized spacial score (nSPS) is 25.4. The molecule has 2 bridgehead atoms. The van der Waals surface area contributed by atoms with Crippen molar-refractivity contribution >= 4 is 15.9 Å². The molecule has 2 atom stereocenters. The molecule has 2 fully saturated rings. The number of fused-ring (bicyclic) bond motifs is 2. The number of amides is 1. The molecule has 2 heterocycles. The average Bonchev–Trinajstić information content (AvgIpc) is 2.82. The predicted molar refractivity (Wildman–Crippen MR) is 74.6 cm³/mol. The monoisotopic (exact) mass is 305 g/mol. The van der Waals surface area contributed by atoms with E-state index in [1.165, 1.54) is 16.4 Å². The maximum Gasteiger partial charge on any atom is 0.244 e. The number of hydrogen-bond acceptors (Lipinski definition) is 4. The third kappa shape index (κ3) is 2.30. The molecule has 1 aromatic carbocycles. The Hall–Kier alpha value is -1.91. The highest BCUT2D eigenvalue weighted by Crippen LogP contribution is 2.33. The van der Waals surface area contributed by atoms with E-state index in [4.69, 9.17) is 5.26 Å². The van der Waals surface area contributed by atoms with Gasteiger partial charge >= 0.3 is 0 Å². The van der Waals surface area contributed by atoms with Crippen LogP contribution in [0.2, 0.25) is 0 Å². The van der Waals surface area contributed by atoms with Gasteiger partial charge in [0.15, 0.2) is 0 Å². The lowest BCUT2D eigenvalue weighted by molar-refractivity contribution is -0.126. The van der Waals surface area contributed by atoms with Crippen LogP contribution in [-0.4, -0.2) is 37.3 Å². The summed E-state index contributed by atoms with van der Waals surface area (Å²) in [7, 11) is -3.71. The van der Waals surface area contributed by atoms with Gasteiger partial charge in [0.2, 0.25) is 15.9 Å². The Morgan fingerprint density at radius 3 is 2.95 bits per heavy atom. The van der Waals surface area contributed by atoms with Crippen LogP contribution in [0, 0.1) is 11.3 Å². The van der Waals surface area contributed by atoms with Crippen molar-refractivity contribution in [2.45, 2.75) is 36.2 Å². The molecule has 6 nitrogen and oxygen atoms in total. The Morgan fingerprint density at radius 1 is 1.38 bits per heavy atom. The molecule has 1 aromatic rings. The summed E-state index contributed by atoms with van der Waals surface area (Å²) in [6.07, 6.45) is 1.42. The van der Waals surface area contributed by atoms with Crippen LogP contribution in [0.1, 0.15) is 18.4 Å². The average molecular weight is 305 g/mol. The molecule has 0 aliphatic carbocycles. The summed E-state index contributed by atoms with van der Waals surface area (Å²) in [5.41, 5.74) is 0.660. The number of nitriles is 1. The Kier molecular flexibility index (Phi) is 3.43. The van der Waals surface area contributed by atoms with Crippen molar-refractivity contribution in [3.63, 3.8) is 0 Å². The maximum atomic E-state index is 12.8. The molecule has 2 unspecified atom stereocenters. The molecule has 0 spiro atoms. The number of sulfonamides is 1. The molecular weight excluding hydrogens is 290 g/mol. The number of carbonyl (C=O) groups is 1. The fourth-order valence-corrected chi connectivity index (χ4v) is 4.93. The molecule has 110 valence electrons. The molecule has 0 radical (unpaired) electrons. The highest BCUT2D eigenvalue weighted by Gasteiger charge is 2.48. The van der Waals surface area contributed by atoms with E-state index in [-0.39, 0.29) is 23.3 Å². The number of piperazine rings is 1. The Labute approximate surface area is 123 Å². The smallest absolute Gasteiger partial charge is 0.244 e. The van der Waals surface area contributed by atoms with Gasteiger partial charge in [-0.3, -0.25) is 4.79 Å². The molecular formula is C14H15N3O3S. The topological polar surface area (TPSA) is 90.3 Å². The van der Waals surface area contributed by atoms with E-state index in [1.54, 1.807) is 12.1 Å². The van der Waals surface area contributed by atoms with Crippen LogP contribution in [0.3, 0.4) is 0 Å². The summed E-state index contributed by atoms with van der Waals surface area (Å²) in [5.74, 6) is -0.222. The summed E-state index contributed by atoms with van der Waals surface area (Å²) in [6.45, 7) is 0.368. The lowest BCUT2D eigenvalue weighted by Crippen LogP contribution is -2.57. The van der Waals surface area contributed by atoms with Crippen molar-refractivity contribution in [3.05, 3.63) is 29.8 Å². The summed E-state index contributed by atoms with van der Waals surface area (Å²) < 4.78 is 27.0. The summed E-state index contributed by atoms with van der Waals surface area (Å²) in [5, 5.41) is 11.5. The summed E-state index contributed by atoms with van der Waals surface area (Å²) >= 11 is 0. The van der Waals surface area contributed by atoms with Crippen molar-refractivity contribution in [3.8, 4) is 6.07 Å². The van der Waals surface area contributed by atoms with Crippen LogP contribution < -0.4 is 5.32 Å². The molecule has 21 heavy (non-hydrogen) atoms. The molecule has 2 aliphatic rings. The summed E-state index contributed by atoms with van der Waals surface area (Å²) in [6, 6.07) is 7.62. The number of benzene rings is 1. The summed E-state index contributed by atoms with van der Waals surface area (Å²) in [4.78, 5) is 12.0. The fraction of sp³-hybridized carbons (Fsp3) is 0.429. The van der Waals surface area contributed by atoms with Gasteiger partial charge in [0.05, 0.1) is 17.4 Å². The van der Waals surface area contributed by atoms with Crippen LogP contribution in [0.4, 0.5) is 0 Å². The van der Waals surface area contributed by atoms with Gasteiger partial charge in [-0.25, -0.2) is 8.42 Å². The number of rotatable bonds is 3. The Bertz CT molecular complexity index is 723. The lowest BCUT2D eigenvalue weighted by Gasteiger charge is -2.33. The minimum atomic E-state index is -3.71. The second-order valence-corrected chi connectivity index (χ2v) is 7.15. The van der Waals surface area contributed by atoms with E-state index >= 15 is 0 Å².